The molecule has 0 aliphatic carbocycles. The van der Waals surface area contributed by atoms with Gasteiger partial charge in [-0.25, -0.2) is 15.0 Å². The van der Waals surface area contributed by atoms with Gasteiger partial charge in [0, 0.05) is 55.1 Å². The lowest BCUT2D eigenvalue weighted by Crippen LogP contribution is -2.04. The summed E-state index contributed by atoms with van der Waals surface area (Å²) >= 11 is 0. The van der Waals surface area contributed by atoms with E-state index in [4.69, 9.17) is 23.8 Å². The van der Waals surface area contributed by atoms with Gasteiger partial charge in [-0.1, -0.05) is 127 Å². The zero-order chi connectivity index (χ0) is 37.5. The van der Waals surface area contributed by atoms with Crippen LogP contribution in [0.2, 0.25) is 0 Å². The molecular formula is C51H30N4O2. The Morgan fingerprint density at radius 2 is 0.825 bits per heavy atom. The van der Waals surface area contributed by atoms with Crippen LogP contribution >= 0.6 is 0 Å². The van der Waals surface area contributed by atoms with Crippen molar-refractivity contribution in [3.8, 4) is 51.0 Å². The topological polar surface area (TPSA) is 69.9 Å². The minimum atomic E-state index is 0.549. The zero-order valence-electron chi connectivity index (χ0n) is 30.4. The summed E-state index contributed by atoms with van der Waals surface area (Å²) in [6.07, 6.45) is 0. The maximum Gasteiger partial charge on any atom is 0.166 e. The fraction of sp³-hybridized carbons (Fsp3) is 0. The predicted octanol–water partition coefficient (Wildman–Crippen LogP) is 13.4. The molecule has 0 saturated carbocycles. The average molecular weight is 731 g/mol. The van der Waals surface area contributed by atoms with Crippen LogP contribution in [0.25, 0.3) is 117 Å². The van der Waals surface area contributed by atoms with E-state index in [0.29, 0.717) is 17.5 Å². The summed E-state index contributed by atoms with van der Waals surface area (Å²) in [5.41, 5.74) is 11.1. The van der Waals surface area contributed by atoms with Crippen LogP contribution in [0.1, 0.15) is 0 Å². The van der Waals surface area contributed by atoms with Crippen LogP contribution in [0.15, 0.2) is 191 Å². The van der Waals surface area contributed by atoms with E-state index in [1.54, 1.807) is 0 Å². The molecule has 0 saturated heterocycles. The Bertz CT molecular complexity index is 3490. The molecule has 6 heteroatoms. The molecular weight excluding hydrogens is 701 g/mol. The van der Waals surface area contributed by atoms with Crippen LogP contribution in [0.5, 0.6) is 0 Å². The third kappa shape index (κ3) is 5.01. The number of benzene rings is 8. The molecule has 12 rings (SSSR count). The molecule has 57 heavy (non-hydrogen) atoms. The maximum absolute atomic E-state index is 6.54. The fourth-order valence-electron chi connectivity index (χ4n) is 8.39. The van der Waals surface area contributed by atoms with Crippen molar-refractivity contribution in [1.82, 2.24) is 19.5 Å². The van der Waals surface area contributed by atoms with E-state index in [2.05, 4.69) is 138 Å². The molecule has 0 amide bonds. The summed E-state index contributed by atoms with van der Waals surface area (Å²) < 4.78 is 15.2. The molecule has 0 spiro atoms. The van der Waals surface area contributed by atoms with E-state index in [-0.39, 0.29) is 0 Å². The average Bonchev–Trinajstić information content (AvgIpc) is 3.95. The molecule has 0 fully saturated rings. The number of rotatable bonds is 5. The first-order valence-electron chi connectivity index (χ1n) is 19.0. The Morgan fingerprint density at radius 1 is 0.316 bits per heavy atom. The monoisotopic (exact) mass is 730 g/mol. The van der Waals surface area contributed by atoms with Crippen LogP contribution in [-0.2, 0) is 0 Å². The normalized spacial score (nSPS) is 11.9. The summed E-state index contributed by atoms with van der Waals surface area (Å²) in [5.74, 6) is 1.67. The van der Waals surface area contributed by atoms with Gasteiger partial charge in [-0.05, 0) is 59.7 Å². The van der Waals surface area contributed by atoms with Crippen molar-refractivity contribution < 1.29 is 8.83 Å². The maximum atomic E-state index is 6.54. The van der Waals surface area contributed by atoms with Crippen LogP contribution in [0.3, 0.4) is 0 Å². The largest absolute Gasteiger partial charge is 0.456 e. The van der Waals surface area contributed by atoms with Gasteiger partial charge in [-0.2, -0.15) is 0 Å². The molecule has 0 N–H and O–H groups in total. The Morgan fingerprint density at radius 3 is 1.53 bits per heavy atom. The van der Waals surface area contributed by atoms with Crippen LogP contribution in [-0.4, -0.2) is 19.5 Å². The number of nitrogens with zero attached hydrogens (tertiary/aromatic N) is 4. The van der Waals surface area contributed by atoms with E-state index in [0.717, 1.165) is 99.2 Å². The Kier molecular flexibility index (Phi) is 6.83. The van der Waals surface area contributed by atoms with E-state index in [9.17, 15) is 0 Å². The molecule has 0 unspecified atom stereocenters. The Balaban J connectivity index is 1.16. The number of fused-ring (bicyclic) bond motifs is 9. The van der Waals surface area contributed by atoms with E-state index >= 15 is 0 Å². The van der Waals surface area contributed by atoms with Crippen molar-refractivity contribution in [3.63, 3.8) is 0 Å². The highest BCUT2D eigenvalue weighted by atomic mass is 16.3. The van der Waals surface area contributed by atoms with E-state index in [1.807, 2.05) is 48.5 Å². The van der Waals surface area contributed by atoms with Gasteiger partial charge >= 0.3 is 0 Å². The number of para-hydroxylation sites is 4. The van der Waals surface area contributed by atoms with Gasteiger partial charge in [0.15, 0.2) is 17.5 Å². The third-order valence-corrected chi connectivity index (χ3v) is 11.1. The second kappa shape index (κ2) is 12.3. The summed E-state index contributed by atoms with van der Waals surface area (Å²) in [6, 6.07) is 62.7. The van der Waals surface area contributed by atoms with Gasteiger partial charge in [0.25, 0.3) is 0 Å². The molecule has 0 aliphatic heterocycles. The highest BCUT2D eigenvalue weighted by Gasteiger charge is 2.22. The van der Waals surface area contributed by atoms with Crippen molar-refractivity contribution in [2.75, 3.05) is 0 Å². The number of furan rings is 2. The lowest BCUT2D eigenvalue weighted by Gasteiger charge is -2.15. The minimum Gasteiger partial charge on any atom is -0.456 e. The number of hydrogen-bond donors (Lipinski definition) is 0. The first kappa shape index (κ1) is 31.5. The van der Waals surface area contributed by atoms with Crippen LogP contribution in [0, 0.1) is 0 Å². The molecule has 6 nitrogen and oxygen atoms in total. The molecule has 0 atom stereocenters. The smallest absolute Gasteiger partial charge is 0.166 e. The quantitative estimate of drug-likeness (QED) is 0.176. The number of aromatic nitrogens is 4. The first-order chi connectivity index (χ1) is 28.2. The van der Waals surface area contributed by atoms with Crippen molar-refractivity contribution in [1.29, 1.82) is 0 Å². The highest BCUT2D eigenvalue weighted by molar-refractivity contribution is 6.12. The molecule has 4 aromatic heterocycles. The standard InChI is InChI=1S/C51H30N4O2/c1-2-13-31(14-3-1)32-15-12-16-33(27-32)49-52-50(34-25-26-39-37-19-6-10-23-45(37)56-47(39)28-34)54-51(53-49)41-29-40-38-20-7-11-24-46(38)57-48(40)30-44(41)55-42-21-8-4-17-35(42)36-18-5-9-22-43(36)55/h1-30H. The van der Waals surface area contributed by atoms with Gasteiger partial charge in [0.2, 0.25) is 0 Å². The molecule has 0 radical (unpaired) electrons. The Hall–Kier alpha value is -7.83. The van der Waals surface area contributed by atoms with E-state index < -0.39 is 0 Å². The summed E-state index contributed by atoms with van der Waals surface area (Å²) in [6.45, 7) is 0. The molecule has 8 aromatic carbocycles. The van der Waals surface area contributed by atoms with Crippen molar-refractivity contribution >= 4 is 65.7 Å². The van der Waals surface area contributed by atoms with Crippen molar-refractivity contribution in [3.05, 3.63) is 182 Å². The van der Waals surface area contributed by atoms with Crippen LogP contribution in [0.4, 0.5) is 0 Å². The van der Waals surface area contributed by atoms with Gasteiger partial charge in [-0.15, -0.1) is 0 Å². The fourth-order valence-corrected chi connectivity index (χ4v) is 8.39. The predicted molar refractivity (Wildman–Crippen MR) is 230 cm³/mol. The molecule has 12 aromatic rings. The third-order valence-electron chi connectivity index (χ3n) is 11.1. The first-order valence-corrected chi connectivity index (χ1v) is 19.0. The summed E-state index contributed by atoms with van der Waals surface area (Å²) in [5, 5.41) is 6.47. The summed E-state index contributed by atoms with van der Waals surface area (Å²) in [4.78, 5) is 15.9. The SMILES string of the molecule is c1ccc(-c2cccc(-c3nc(-c4ccc5c(c4)oc4ccccc45)nc(-c4cc5c(cc4-n4c6ccccc6c6ccccc64)oc4ccccc45)n3)c2)cc1. The van der Waals surface area contributed by atoms with Crippen molar-refractivity contribution in [2.45, 2.75) is 0 Å². The van der Waals surface area contributed by atoms with Crippen molar-refractivity contribution in [2.24, 2.45) is 0 Å². The molecule has 0 aliphatic rings. The second-order valence-corrected chi connectivity index (χ2v) is 14.4. The van der Waals surface area contributed by atoms with Crippen LogP contribution < -0.4 is 0 Å². The molecule has 4 heterocycles. The lowest BCUT2D eigenvalue weighted by atomic mass is 10.0. The second-order valence-electron chi connectivity index (χ2n) is 14.4. The number of hydrogen-bond acceptors (Lipinski definition) is 5. The lowest BCUT2D eigenvalue weighted by molar-refractivity contribution is 0.668. The van der Waals surface area contributed by atoms with Gasteiger partial charge < -0.3 is 13.4 Å². The molecule has 266 valence electrons. The minimum absolute atomic E-state index is 0.549. The van der Waals surface area contributed by atoms with E-state index in [1.165, 1.54) is 0 Å². The highest BCUT2D eigenvalue weighted by Crippen LogP contribution is 2.41. The molecule has 0 bridgehead atoms. The zero-order valence-corrected chi connectivity index (χ0v) is 30.4. The van der Waals surface area contributed by atoms with Gasteiger partial charge in [0.1, 0.15) is 22.3 Å². The van der Waals surface area contributed by atoms with Gasteiger partial charge in [0.05, 0.1) is 16.7 Å². The summed E-state index contributed by atoms with van der Waals surface area (Å²) in [7, 11) is 0. The van der Waals surface area contributed by atoms with Gasteiger partial charge in [-0.3, -0.25) is 0 Å². The Labute approximate surface area is 325 Å².